The summed E-state index contributed by atoms with van der Waals surface area (Å²) >= 11 is 0. The minimum Gasteiger partial charge on any atom is -0.379 e. The Bertz CT molecular complexity index is 652. The summed E-state index contributed by atoms with van der Waals surface area (Å²) in [7, 11) is 0. The van der Waals surface area contributed by atoms with E-state index in [1.807, 2.05) is 24.3 Å². The third-order valence-electron chi connectivity index (χ3n) is 3.81. The molecule has 2 N–H and O–H groups in total. The van der Waals surface area contributed by atoms with Gasteiger partial charge in [0.25, 0.3) is 0 Å². The first-order valence-electron chi connectivity index (χ1n) is 7.83. The zero-order valence-corrected chi connectivity index (χ0v) is 13.0. The number of amides is 1. The van der Waals surface area contributed by atoms with Gasteiger partial charge in [0.15, 0.2) is 0 Å². The summed E-state index contributed by atoms with van der Waals surface area (Å²) < 4.78 is 5.30. The van der Waals surface area contributed by atoms with Crippen molar-refractivity contribution < 1.29 is 9.53 Å². The number of fused-ring (bicyclic) bond motifs is 1. The standard InChI is InChI=1S/C16H21N5O2/c22-15(17-5-6-21-7-9-23-10-8-21)11-18-16-13-3-1-2-4-14(13)19-12-20-16/h1-4,12H,5-11H2,(H,17,22)(H,18,19,20). The van der Waals surface area contributed by atoms with Gasteiger partial charge in [0, 0.05) is 31.6 Å². The molecule has 1 aromatic heterocycles. The first kappa shape index (κ1) is 15.6. The maximum atomic E-state index is 11.9. The highest BCUT2D eigenvalue weighted by Gasteiger charge is 2.10. The molecular weight excluding hydrogens is 294 g/mol. The number of ether oxygens (including phenoxy) is 1. The second-order valence-electron chi connectivity index (χ2n) is 5.40. The highest BCUT2D eigenvalue weighted by atomic mass is 16.5. The van der Waals surface area contributed by atoms with Crippen LogP contribution < -0.4 is 10.6 Å². The van der Waals surface area contributed by atoms with E-state index in [0.29, 0.717) is 12.4 Å². The second-order valence-corrected chi connectivity index (χ2v) is 5.40. The molecule has 0 unspecified atom stereocenters. The Kier molecular flexibility index (Phi) is 5.33. The fourth-order valence-electron chi connectivity index (χ4n) is 2.55. The number of para-hydroxylation sites is 1. The number of benzene rings is 1. The maximum Gasteiger partial charge on any atom is 0.239 e. The van der Waals surface area contributed by atoms with E-state index in [0.717, 1.165) is 43.8 Å². The Labute approximate surface area is 135 Å². The van der Waals surface area contributed by atoms with E-state index in [9.17, 15) is 4.79 Å². The van der Waals surface area contributed by atoms with Crippen molar-refractivity contribution in [2.75, 3.05) is 51.3 Å². The van der Waals surface area contributed by atoms with Crippen LogP contribution in [-0.4, -0.2) is 66.7 Å². The van der Waals surface area contributed by atoms with E-state index < -0.39 is 0 Å². The second kappa shape index (κ2) is 7.85. The number of anilines is 1. The number of nitrogens with one attached hydrogen (secondary N) is 2. The number of carbonyl (C=O) groups excluding carboxylic acids is 1. The number of hydrogen-bond acceptors (Lipinski definition) is 6. The summed E-state index contributed by atoms with van der Waals surface area (Å²) in [6, 6.07) is 7.72. The summed E-state index contributed by atoms with van der Waals surface area (Å²) in [6.07, 6.45) is 1.50. The topological polar surface area (TPSA) is 79.4 Å². The van der Waals surface area contributed by atoms with Crippen molar-refractivity contribution in [2.45, 2.75) is 0 Å². The summed E-state index contributed by atoms with van der Waals surface area (Å²) in [6.45, 7) is 5.11. The van der Waals surface area contributed by atoms with Gasteiger partial charge in [0.05, 0.1) is 25.3 Å². The smallest absolute Gasteiger partial charge is 0.239 e. The molecule has 2 aromatic rings. The van der Waals surface area contributed by atoms with E-state index in [1.165, 1.54) is 6.33 Å². The fraction of sp³-hybridized carbons (Fsp3) is 0.438. The van der Waals surface area contributed by atoms with Crippen LogP contribution in [-0.2, 0) is 9.53 Å². The normalized spacial score (nSPS) is 15.5. The van der Waals surface area contributed by atoms with Crippen LogP contribution in [0.4, 0.5) is 5.82 Å². The molecule has 1 fully saturated rings. The maximum absolute atomic E-state index is 11.9. The number of carbonyl (C=O) groups is 1. The lowest BCUT2D eigenvalue weighted by Gasteiger charge is -2.26. The van der Waals surface area contributed by atoms with Crippen molar-refractivity contribution in [3.8, 4) is 0 Å². The molecule has 122 valence electrons. The fourth-order valence-corrected chi connectivity index (χ4v) is 2.55. The lowest BCUT2D eigenvalue weighted by molar-refractivity contribution is -0.119. The lowest BCUT2D eigenvalue weighted by atomic mass is 10.2. The minimum absolute atomic E-state index is 0.0408. The van der Waals surface area contributed by atoms with Crippen molar-refractivity contribution in [3.63, 3.8) is 0 Å². The Hall–Kier alpha value is -2.25. The molecule has 7 nitrogen and oxygen atoms in total. The van der Waals surface area contributed by atoms with Gasteiger partial charge < -0.3 is 15.4 Å². The van der Waals surface area contributed by atoms with Gasteiger partial charge in [-0.2, -0.15) is 0 Å². The van der Waals surface area contributed by atoms with Gasteiger partial charge >= 0.3 is 0 Å². The van der Waals surface area contributed by atoms with Crippen LogP contribution in [0.25, 0.3) is 10.9 Å². The van der Waals surface area contributed by atoms with E-state index >= 15 is 0 Å². The Morgan fingerprint density at radius 1 is 1.22 bits per heavy atom. The first-order chi connectivity index (χ1) is 11.3. The zero-order chi connectivity index (χ0) is 15.9. The Morgan fingerprint density at radius 2 is 2.04 bits per heavy atom. The number of rotatable bonds is 6. The molecule has 0 saturated carbocycles. The molecule has 2 heterocycles. The van der Waals surface area contributed by atoms with Gasteiger partial charge in [-0.05, 0) is 12.1 Å². The van der Waals surface area contributed by atoms with Gasteiger partial charge in [-0.1, -0.05) is 12.1 Å². The van der Waals surface area contributed by atoms with Crippen LogP contribution in [0.5, 0.6) is 0 Å². The van der Waals surface area contributed by atoms with Crippen LogP contribution in [0.15, 0.2) is 30.6 Å². The number of morpholine rings is 1. The average molecular weight is 315 g/mol. The lowest BCUT2D eigenvalue weighted by Crippen LogP contribution is -2.42. The third kappa shape index (κ3) is 4.37. The third-order valence-corrected chi connectivity index (χ3v) is 3.81. The highest BCUT2D eigenvalue weighted by Crippen LogP contribution is 2.17. The van der Waals surface area contributed by atoms with Crippen LogP contribution in [0.3, 0.4) is 0 Å². The molecule has 7 heteroatoms. The molecule has 0 aliphatic carbocycles. The van der Waals surface area contributed by atoms with Gasteiger partial charge in [-0.25, -0.2) is 9.97 Å². The monoisotopic (exact) mass is 315 g/mol. The van der Waals surface area contributed by atoms with Crippen molar-refractivity contribution >= 4 is 22.6 Å². The molecule has 0 spiro atoms. The van der Waals surface area contributed by atoms with E-state index in [1.54, 1.807) is 0 Å². The van der Waals surface area contributed by atoms with Gasteiger partial charge in [-0.15, -0.1) is 0 Å². The van der Waals surface area contributed by atoms with Crippen LogP contribution >= 0.6 is 0 Å². The van der Waals surface area contributed by atoms with E-state index in [-0.39, 0.29) is 12.5 Å². The average Bonchev–Trinajstić information content (AvgIpc) is 2.61. The van der Waals surface area contributed by atoms with E-state index in [4.69, 9.17) is 4.74 Å². The number of aromatic nitrogens is 2. The summed E-state index contributed by atoms with van der Waals surface area (Å²) in [5.74, 6) is 0.639. The predicted molar refractivity (Wildman–Crippen MR) is 88.3 cm³/mol. The summed E-state index contributed by atoms with van der Waals surface area (Å²) in [5, 5.41) is 6.91. The van der Waals surface area contributed by atoms with Crippen LogP contribution in [0.2, 0.25) is 0 Å². The molecule has 1 aromatic carbocycles. The molecule has 0 radical (unpaired) electrons. The molecule has 1 saturated heterocycles. The van der Waals surface area contributed by atoms with Gasteiger partial charge in [0.1, 0.15) is 12.1 Å². The molecule has 23 heavy (non-hydrogen) atoms. The molecule has 1 amide bonds. The van der Waals surface area contributed by atoms with Crippen LogP contribution in [0, 0.1) is 0 Å². The summed E-state index contributed by atoms with van der Waals surface area (Å²) in [5.41, 5.74) is 0.859. The van der Waals surface area contributed by atoms with Crippen molar-refractivity contribution in [3.05, 3.63) is 30.6 Å². The predicted octanol–water partition coefficient (Wildman–Crippen LogP) is 0.490. The Balaban J connectivity index is 1.45. The number of nitrogens with zero attached hydrogens (tertiary/aromatic N) is 3. The highest BCUT2D eigenvalue weighted by molar-refractivity contribution is 5.90. The Morgan fingerprint density at radius 3 is 2.91 bits per heavy atom. The zero-order valence-electron chi connectivity index (χ0n) is 13.0. The molecule has 1 aliphatic heterocycles. The van der Waals surface area contributed by atoms with Crippen molar-refractivity contribution in [2.24, 2.45) is 0 Å². The minimum atomic E-state index is -0.0408. The van der Waals surface area contributed by atoms with Crippen molar-refractivity contribution in [1.82, 2.24) is 20.2 Å². The van der Waals surface area contributed by atoms with Gasteiger partial charge in [-0.3, -0.25) is 9.69 Å². The number of hydrogen-bond donors (Lipinski definition) is 2. The first-order valence-corrected chi connectivity index (χ1v) is 7.83. The molecule has 0 atom stereocenters. The van der Waals surface area contributed by atoms with Crippen LogP contribution in [0.1, 0.15) is 0 Å². The quantitative estimate of drug-likeness (QED) is 0.808. The summed E-state index contributed by atoms with van der Waals surface area (Å²) in [4.78, 5) is 22.6. The molecular formula is C16H21N5O2. The van der Waals surface area contributed by atoms with Gasteiger partial charge in [0.2, 0.25) is 5.91 Å². The van der Waals surface area contributed by atoms with E-state index in [2.05, 4.69) is 25.5 Å². The van der Waals surface area contributed by atoms with Crippen molar-refractivity contribution in [1.29, 1.82) is 0 Å². The SMILES string of the molecule is O=C(CNc1ncnc2ccccc12)NCCN1CCOCC1. The molecule has 3 rings (SSSR count). The molecule has 1 aliphatic rings. The largest absolute Gasteiger partial charge is 0.379 e. The molecule has 0 bridgehead atoms.